The number of rotatable bonds is 5. The first-order valence-electron chi connectivity index (χ1n) is 7.68. The van der Waals surface area contributed by atoms with Crippen LogP contribution in [0.4, 0.5) is 0 Å². The second-order valence-corrected chi connectivity index (χ2v) is 5.49. The van der Waals surface area contributed by atoms with Crippen molar-refractivity contribution in [1.82, 2.24) is 5.32 Å². The van der Waals surface area contributed by atoms with Crippen LogP contribution in [0.2, 0.25) is 0 Å². The van der Waals surface area contributed by atoms with Crippen LogP contribution >= 0.6 is 12.4 Å². The first kappa shape index (κ1) is 18.1. The molecule has 0 saturated carbocycles. The lowest BCUT2D eigenvalue weighted by atomic mass is 10.1. The first-order valence-corrected chi connectivity index (χ1v) is 7.68. The number of fused-ring (bicyclic) bond motifs is 1. The monoisotopic (exact) mass is 348 g/mol. The highest BCUT2D eigenvalue weighted by molar-refractivity contribution is 5.85. The Kier molecular flexibility index (Phi) is 6.46. The average Bonchev–Trinajstić information content (AvgIpc) is 2.60. The van der Waals surface area contributed by atoms with Gasteiger partial charge in [0.25, 0.3) is 0 Å². The van der Waals surface area contributed by atoms with Gasteiger partial charge in [0.15, 0.2) is 11.5 Å². The number of halogens is 1. The molecule has 0 saturated heterocycles. The van der Waals surface area contributed by atoms with Crippen molar-refractivity contribution in [2.24, 2.45) is 5.73 Å². The summed E-state index contributed by atoms with van der Waals surface area (Å²) in [6.07, 6.45) is 0.522. The van der Waals surface area contributed by atoms with Gasteiger partial charge in [-0.05, 0) is 29.7 Å². The van der Waals surface area contributed by atoms with Gasteiger partial charge < -0.3 is 20.5 Å². The van der Waals surface area contributed by atoms with E-state index in [0.717, 1.165) is 22.6 Å². The van der Waals surface area contributed by atoms with Crippen molar-refractivity contribution >= 4 is 18.3 Å². The van der Waals surface area contributed by atoms with E-state index in [2.05, 4.69) is 5.32 Å². The van der Waals surface area contributed by atoms with Crippen LogP contribution in [-0.4, -0.2) is 25.2 Å². The molecular weight excluding hydrogens is 328 g/mol. The summed E-state index contributed by atoms with van der Waals surface area (Å²) < 4.78 is 11.0. The average molecular weight is 349 g/mol. The molecule has 1 atom stereocenters. The number of hydrogen-bond acceptors (Lipinski definition) is 4. The molecule has 0 radical (unpaired) electrons. The molecular formula is C18H21ClN2O3. The molecule has 1 unspecified atom stereocenters. The van der Waals surface area contributed by atoms with E-state index in [-0.39, 0.29) is 18.3 Å². The molecule has 2 aromatic carbocycles. The van der Waals surface area contributed by atoms with Crippen molar-refractivity contribution in [3.05, 3.63) is 59.7 Å². The van der Waals surface area contributed by atoms with E-state index in [1.54, 1.807) is 0 Å². The fraction of sp³-hybridized carbons (Fsp3) is 0.278. The molecule has 3 N–H and O–H groups in total. The maximum absolute atomic E-state index is 12.1. The van der Waals surface area contributed by atoms with Gasteiger partial charge in [0.2, 0.25) is 5.91 Å². The van der Waals surface area contributed by atoms with Gasteiger partial charge in [0.1, 0.15) is 13.2 Å². The number of carbonyl (C=O) groups is 1. The number of nitrogens with two attached hydrogens (primary N) is 1. The molecule has 2 aromatic rings. The van der Waals surface area contributed by atoms with Gasteiger partial charge in [-0.1, -0.05) is 36.4 Å². The van der Waals surface area contributed by atoms with Crippen LogP contribution in [0.3, 0.4) is 0 Å². The zero-order valence-electron chi connectivity index (χ0n) is 13.2. The standard InChI is InChI=1S/C18H20N2O3.ClH/c19-15(10-13-4-2-1-3-5-13)18(21)20-12-14-6-7-16-17(11-14)23-9-8-22-16;/h1-7,11,15H,8-10,12,19H2,(H,20,21);1H. The molecule has 128 valence electrons. The summed E-state index contributed by atoms with van der Waals surface area (Å²) in [6.45, 7) is 1.53. The van der Waals surface area contributed by atoms with E-state index in [1.807, 2.05) is 48.5 Å². The maximum atomic E-state index is 12.1. The highest BCUT2D eigenvalue weighted by Gasteiger charge is 2.15. The van der Waals surface area contributed by atoms with Crippen molar-refractivity contribution < 1.29 is 14.3 Å². The topological polar surface area (TPSA) is 73.6 Å². The normalized spacial score (nSPS) is 13.5. The Bertz CT molecular complexity index is 679. The summed E-state index contributed by atoms with van der Waals surface area (Å²) in [6, 6.07) is 14.9. The zero-order chi connectivity index (χ0) is 16.1. The van der Waals surface area contributed by atoms with Gasteiger partial charge in [0.05, 0.1) is 6.04 Å². The van der Waals surface area contributed by atoms with Crippen molar-refractivity contribution in [3.63, 3.8) is 0 Å². The molecule has 0 aromatic heterocycles. The van der Waals surface area contributed by atoms with E-state index in [9.17, 15) is 4.79 Å². The van der Waals surface area contributed by atoms with Crippen LogP contribution in [0.15, 0.2) is 48.5 Å². The fourth-order valence-electron chi connectivity index (χ4n) is 2.48. The SMILES string of the molecule is Cl.NC(Cc1ccccc1)C(=O)NCc1ccc2c(c1)OCCO2. The summed E-state index contributed by atoms with van der Waals surface area (Å²) in [5.74, 6) is 1.30. The quantitative estimate of drug-likeness (QED) is 0.867. The van der Waals surface area contributed by atoms with E-state index >= 15 is 0 Å². The minimum atomic E-state index is -0.561. The van der Waals surface area contributed by atoms with E-state index < -0.39 is 6.04 Å². The maximum Gasteiger partial charge on any atom is 0.237 e. The third kappa shape index (κ3) is 4.63. The number of hydrogen-bond donors (Lipinski definition) is 2. The molecule has 3 rings (SSSR count). The highest BCUT2D eigenvalue weighted by Crippen LogP contribution is 2.30. The Morgan fingerprint density at radius 2 is 1.75 bits per heavy atom. The van der Waals surface area contributed by atoms with Gasteiger partial charge in [-0.2, -0.15) is 0 Å². The third-order valence-electron chi connectivity index (χ3n) is 3.71. The summed E-state index contributed by atoms with van der Waals surface area (Å²) in [5, 5.41) is 2.87. The second kappa shape index (κ2) is 8.57. The lowest BCUT2D eigenvalue weighted by Gasteiger charge is -2.19. The minimum Gasteiger partial charge on any atom is -0.486 e. The van der Waals surface area contributed by atoms with Crippen LogP contribution < -0.4 is 20.5 Å². The number of nitrogens with one attached hydrogen (secondary N) is 1. The molecule has 5 nitrogen and oxygen atoms in total. The number of benzene rings is 2. The van der Waals surface area contributed by atoms with Crippen LogP contribution in [-0.2, 0) is 17.8 Å². The van der Waals surface area contributed by atoms with Crippen LogP contribution in [0.1, 0.15) is 11.1 Å². The third-order valence-corrected chi connectivity index (χ3v) is 3.71. The second-order valence-electron chi connectivity index (χ2n) is 5.49. The smallest absolute Gasteiger partial charge is 0.237 e. The van der Waals surface area contributed by atoms with E-state index in [0.29, 0.717) is 26.2 Å². The molecule has 6 heteroatoms. The molecule has 0 spiro atoms. The lowest BCUT2D eigenvalue weighted by Crippen LogP contribution is -2.41. The largest absolute Gasteiger partial charge is 0.486 e. The zero-order valence-corrected chi connectivity index (χ0v) is 14.1. The number of ether oxygens (including phenoxy) is 2. The Labute approximate surface area is 147 Å². The predicted octanol–water partition coefficient (Wildman–Crippen LogP) is 2.07. The van der Waals surface area contributed by atoms with Crippen LogP contribution in [0.25, 0.3) is 0 Å². The first-order chi connectivity index (χ1) is 11.2. The van der Waals surface area contributed by atoms with Crippen molar-refractivity contribution in [1.29, 1.82) is 0 Å². The lowest BCUT2D eigenvalue weighted by molar-refractivity contribution is -0.122. The Balaban J connectivity index is 0.00000208. The summed E-state index contributed by atoms with van der Waals surface area (Å²) >= 11 is 0. The van der Waals surface area contributed by atoms with Gasteiger partial charge in [0, 0.05) is 6.54 Å². The summed E-state index contributed by atoms with van der Waals surface area (Å²) in [5.41, 5.74) is 7.97. The van der Waals surface area contributed by atoms with Crippen molar-refractivity contribution in [2.75, 3.05) is 13.2 Å². The van der Waals surface area contributed by atoms with Gasteiger partial charge in [-0.3, -0.25) is 4.79 Å². The minimum absolute atomic E-state index is 0. The van der Waals surface area contributed by atoms with Crippen LogP contribution in [0.5, 0.6) is 11.5 Å². The summed E-state index contributed by atoms with van der Waals surface area (Å²) in [4.78, 5) is 12.1. The Morgan fingerprint density at radius 1 is 1.04 bits per heavy atom. The Morgan fingerprint density at radius 3 is 2.50 bits per heavy atom. The van der Waals surface area contributed by atoms with E-state index in [4.69, 9.17) is 15.2 Å². The highest BCUT2D eigenvalue weighted by atomic mass is 35.5. The van der Waals surface area contributed by atoms with Gasteiger partial charge in [-0.25, -0.2) is 0 Å². The van der Waals surface area contributed by atoms with Gasteiger partial charge in [-0.15, -0.1) is 12.4 Å². The van der Waals surface area contributed by atoms with E-state index in [1.165, 1.54) is 0 Å². The number of amides is 1. The summed E-state index contributed by atoms with van der Waals surface area (Å²) in [7, 11) is 0. The van der Waals surface area contributed by atoms with Gasteiger partial charge >= 0.3 is 0 Å². The fourth-order valence-corrected chi connectivity index (χ4v) is 2.48. The molecule has 1 amide bonds. The number of carbonyl (C=O) groups excluding carboxylic acids is 1. The molecule has 0 aliphatic carbocycles. The van der Waals surface area contributed by atoms with Crippen LogP contribution in [0, 0.1) is 0 Å². The molecule has 1 heterocycles. The van der Waals surface area contributed by atoms with Crippen molar-refractivity contribution in [2.45, 2.75) is 19.0 Å². The molecule has 0 fully saturated rings. The molecule has 1 aliphatic heterocycles. The molecule has 1 aliphatic rings. The Hall–Kier alpha value is -2.24. The molecule has 0 bridgehead atoms. The predicted molar refractivity (Wildman–Crippen MR) is 94.6 cm³/mol. The molecule has 24 heavy (non-hydrogen) atoms. The van der Waals surface area contributed by atoms with Crippen molar-refractivity contribution in [3.8, 4) is 11.5 Å².